The lowest BCUT2D eigenvalue weighted by molar-refractivity contribution is 0.00648. The normalized spacial score (nSPS) is 20.2. The second-order valence-corrected chi connectivity index (χ2v) is 9.76. The first-order valence-electron chi connectivity index (χ1n) is 10.6. The highest BCUT2D eigenvalue weighted by atomic mass is 35.5. The number of halogens is 2. The molecule has 176 valence electrons. The lowest BCUT2D eigenvalue weighted by atomic mass is 9.84. The van der Waals surface area contributed by atoms with Crippen LogP contribution >= 0.6 is 11.6 Å². The number of amides is 2. The average Bonchev–Trinajstić information content (AvgIpc) is 2.75. The highest BCUT2D eigenvalue weighted by molar-refractivity contribution is 6.30. The molecule has 2 N–H and O–H groups in total. The number of hydrogen-bond acceptors (Lipinski definition) is 5. The molecule has 0 spiro atoms. The van der Waals surface area contributed by atoms with Crippen molar-refractivity contribution >= 4 is 23.4 Å². The summed E-state index contributed by atoms with van der Waals surface area (Å²) in [5, 5.41) is 21.2. The van der Waals surface area contributed by atoms with E-state index in [9.17, 15) is 29.0 Å². The van der Waals surface area contributed by atoms with Crippen LogP contribution in [0.3, 0.4) is 0 Å². The fourth-order valence-corrected chi connectivity index (χ4v) is 4.63. The number of fused-ring (bicyclic) bond motifs is 3. The minimum Gasteiger partial charge on any atom is -0.502 e. The molecule has 1 aromatic carbocycles. The first kappa shape index (κ1) is 23.3. The van der Waals surface area contributed by atoms with Gasteiger partial charge in [-0.05, 0) is 24.1 Å². The van der Waals surface area contributed by atoms with Crippen LogP contribution in [0.5, 0.6) is 5.75 Å². The lowest BCUT2D eigenvalue weighted by Crippen LogP contribution is -2.51. The molecule has 4 rings (SSSR count). The van der Waals surface area contributed by atoms with E-state index in [-0.39, 0.29) is 48.9 Å². The maximum atomic E-state index is 13.5. The van der Waals surface area contributed by atoms with E-state index in [2.05, 4.69) is 0 Å². The van der Waals surface area contributed by atoms with Crippen LogP contribution in [0.2, 0.25) is 5.02 Å². The number of benzene rings is 1. The number of aliphatic hydroxyl groups excluding tert-OH is 1. The SMILES string of the molecule is CN1CC(O)C(C)(C)Cn2c(c3c(c(O)c2=O)C(=O)N(Cc2ccc(F)c(Cl)c2)CC3)C1=O. The number of aliphatic hydroxyl groups is 1. The summed E-state index contributed by atoms with van der Waals surface area (Å²) in [6.07, 6.45) is -0.647. The van der Waals surface area contributed by atoms with Crippen molar-refractivity contribution in [1.29, 1.82) is 0 Å². The molecule has 0 saturated carbocycles. The topological polar surface area (TPSA) is 103 Å². The van der Waals surface area contributed by atoms with Gasteiger partial charge in [0.1, 0.15) is 11.5 Å². The molecule has 0 aliphatic carbocycles. The number of nitrogens with zero attached hydrogens (tertiary/aromatic N) is 3. The number of carbonyl (C=O) groups is 2. The van der Waals surface area contributed by atoms with Crippen molar-refractivity contribution in [3.8, 4) is 5.75 Å². The quantitative estimate of drug-likeness (QED) is 0.689. The van der Waals surface area contributed by atoms with E-state index in [1.54, 1.807) is 13.8 Å². The summed E-state index contributed by atoms with van der Waals surface area (Å²) in [5.41, 5.74) is -0.838. The summed E-state index contributed by atoms with van der Waals surface area (Å²) in [4.78, 5) is 42.4. The third-order valence-electron chi connectivity index (χ3n) is 6.50. The minimum atomic E-state index is -0.885. The summed E-state index contributed by atoms with van der Waals surface area (Å²) in [6.45, 7) is 3.96. The molecule has 2 aromatic rings. The van der Waals surface area contributed by atoms with Crippen molar-refractivity contribution in [2.45, 2.75) is 39.5 Å². The Kier molecular flexibility index (Phi) is 5.74. The van der Waals surface area contributed by atoms with E-state index in [1.807, 2.05) is 0 Å². The van der Waals surface area contributed by atoms with Crippen LogP contribution in [-0.2, 0) is 19.5 Å². The summed E-state index contributed by atoms with van der Waals surface area (Å²) < 4.78 is 14.7. The molecule has 33 heavy (non-hydrogen) atoms. The van der Waals surface area contributed by atoms with E-state index in [1.165, 1.54) is 39.6 Å². The molecule has 0 saturated heterocycles. The number of aromatic hydroxyl groups is 1. The Labute approximate surface area is 194 Å². The van der Waals surface area contributed by atoms with Gasteiger partial charge in [-0.3, -0.25) is 19.0 Å². The zero-order chi connectivity index (χ0) is 24.2. The van der Waals surface area contributed by atoms with Crippen LogP contribution in [0, 0.1) is 11.2 Å². The van der Waals surface area contributed by atoms with Crippen LogP contribution in [0.25, 0.3) is 0 Å². The fourth-order valence-electron chi connectivity index (χ4n) is 4.43. The molecule has 8 nitrogen and oxygen atoms in total. The summed E-state index contributed by atoms with van der Waals surface area (Å²) in [5.74, 6) is -2.38. The predicted octanol–water partition coefficient (Wildman–Crippen LogP) is 2.02. The van der Waals surface area contributed by atoms with Gasteiger partial charge >= 0.3 is 0 Å². The van der Waals surface area contributed by atoms with Gasteiger partial charge in [-0.25, -0.2) is 4.39 Å². The Hall–Kier alpha value is -2.91. The number of carbonyl (C=O) groups excluding carboxylic acids is 2. The molecule has 0 bridgehead atoms. The molecule has 0 fully saturated rings. The molecule has 10 heteroatoms. The van der Waals surface area contributed by atoms with Gasteiger partial charge in [-0.2, -0.15) is 0 Å². The van der Waals surface area contributed by atoms with Crippen LogP contribution < -0.4 is 5.56 Å². The maximum Gasteiger partial charge on any atom is 0.294 e. The van der Waals surface area contributed by atoms with Crippen LogP contribution in [0.1, 0.15) is 45.8 Å². The van der Waals surface area contributed by atoms with Gasteiger partial charge in [0.15, 0.2) is 5.75 Å². The zero-order valence-corrected chi connectivity index (χ0v) is 19.3. The van der Waals surface area contributed by atoms with E-state index in [4.69, 9.17) is 11.6 Å². The van der Waals surface area contributed by atoms with Crippen LogP contribution in [0.15, 0.2) is 23.0 Å². The Bertz CT molecular complexity index is 1230. The third-order valence-corrected chi connectivity index (χ3v) is 6.79. The first-order chi connectivity index (χ1) is 15.4. The number of pyridine rings is 1. The predicted molar refractivity (Wildman–Crippen MR) is 119 cm³/mol. The van der Waals surface area contributed by atoms with Crippen molar-refractivity contribution < 1.29 is 24.2 Å². The smallest absolute Gasteiger partial charge is 0.294 e. The van der Waals surface area contributed by atoms with Crippen molar-refractivity contribution in [1.82, 2.24) is 14.4 Å². The monoisotopic (exact) mass is 477 g/mol. The third kappa shape index (κ3) is 3.89. The Morgan fingerprint density at radius 3 is 2.58 bits per heavy atom. The Morgan fingerprint density at radius 1 is 1.21 bits per heavy atom. The number of likely N-dealkylation sites (N-methyl/N-ethyl adjacent to an activating group) is 1. The maximum absolute atomic E-state index is 13.5. The molecule has 1 aromatic heterocycles. The zero-order valence-electron chi connectivity index (χ0n) is 18.6. The largest absolute Gasteiger partial charge is 0.502 e. The highest BCUT2D eigenvalue weighted by Gasteiger charge is 2.40. The molecule has 1 atom stereocenters. The highest BCUT2D eigenvalue weighted by Crippen LogP contribution is 2.33. The Morgan fingerprint density at radius 2 is 1.91 bits per heavy atom. The molecular weight excluding hydrogens is 453 g/mol. The molecular formula is C23H25ClFN3O5. The molecule has 2 aliphatic rings. The van der Waals surface area contributed by atoms with Crippen molar-refractivity contribution in [2.24, 2.45) is 5.41 Å². The summed E-state index contributed by atoms with van der Waals surface area (Å²) in [6, 6.07) is 4.13. The molecule has 2 amide bonds. The average molecular weight is 478 g/mol. The van der Waals surface area contributed by atoms with Crippen molar-refractivity contribution in [3.05, 3.63) is 61.8 Å². The van der Waals surface area contributed by atoms with E-state index >= 15 is 0 Å². The van der Waals surface area contributed by atoms with Gasteiger partial charge in [0.05, 0.1) is 16.7 Å². The van der Waals surface area contributed by atoms with E-state index < -0.39 is 40.5 Å². The number of rotatable bonds is 2. The van der Waals surface area contributed by atoms with E-state index in [0.29, 0.717) is 11.1 Å². The van der Waals surface area contributed by atoms with Crippen LogP contribution in [0.4, 0.5) is 4.39 Å². The van der Waals surface area contributed by atoms with E-state index in [0.717, 1.165) is 0 Å². The van der Waals surface area contributed by atoms with Crippen molar-refractivity contribution in [3.63, 3.8) is 0 Å². The lowest BCUT2D eigenvalue weighted by Gasteiger charge is -2.39. The number of aromatic nitrogens is 1. The van der Waals surface area contributed by atoms with Gasteiger partial charge in [-0.15, -0.1) is 0 Å². The number of hydrogen-bond donors (Lipinski definition) is 2. The molecule has 2 aliphatic heterocycles. The van der Waals surface area contributed by atoms with Crippen LogP contribution in [-0.4, -0.2) is 62.6 Å². The molecule has 1 unspecified atom stereocenters. The molecule has 3 heterocycles. The number of β-amino-alcohol motifs (C(OH)–C–C–N with tert-alkyl or cyclic N) is 1. The molecule has 0 radical (unpaired) electrons. The van der Waals surface area contributed by atoms with Gasteiger partial charge < -0.3 is 20.0 Å². The van der Waals surface area contributed by atoms with Gasteiger partial charge in [0.2, 0.25) is 0 Å². The minimum absolute atomic E-state index is 0.00867. The van der Waals surface area contributed by atoms with Crippen molar-refractivity contribution in [2.75, 3.05) is 20.1 Å². The Balaban J connectivity index is 1.81. The second-order valence-electron chi connectivity index (χ2n) is 9.36. The summed E-state index contributed by atoms with van der Waals surface area (Å²) >= 11 is 5.84. The van der Waals surface area contributed by atoms with Gasteiger partial charge in [0, 0.05) is 44.2 Å². The first-order valence-corrected chi connectivity index (χ1v) is 11.0. The fraction of sp³-hybridized carbons (Fsp3) is 0.435. The standard InChI is InChI=1S/C23H25ClFN3O5/c1-23(2)11-28-18(21(32)26(3)10-16(23)29)13-6-7-27(20(31)17(13)19(30)22(28)33)9-12-4-5-15(25)14(24)8-12/h4-5,8,16,29-30H,6-7,9-11H2,1-3H3. The van der Waals surface area contributed by atoms with Gasteiger partial charge in [-0.1, -0.05) is 31.5 Å². The summed E-state index contributed by atoms with van der Waals surface area (Å²) in [7, 11) is 1.52. The van der Waals surface area contributed by atoms with Gasteiger partial charge in [0.25, 0.3) is 17.4 Å². The second kappa shape index (κ2) is 8.14.